The summed E-state index contributed by atoms with van der Waals surface area (Å²) in [6, 6.07) is 12.2. The van der Waals surface area contributed by atoms with Gasteiger partial charge in [-0.3, -0.25) is 10.1 Å². The first kappa shape index (κ1) is 23.2. The number of nitrogen functional groups attached to an aromatic ring is 1. The number of carbonyl (C=O) groups is 2. The van der Waals surface area contributed by atoms with E-state index in [-0.39, 0.29) is 11.7 Å². The molecule has 1 aliphatic heterocycles. The standard InChI is InChI=1S/C25H27N9O2/c1-16-4-3-5-20(29-16)31-25(36)30-18-8-6-17(7-9-18)21-19(14-34-22(21)23(26)27-15-28-34)24(35)33-12-10-32(2)11-13-33/h3-9,14-15H,10-13H2,1-2H3,(H2,26,27,28)(H2,29,30,31,36). The van der Waals surface area contributed by atoms with Crippen molar-refractivity contribution in [3.8, 4) is 11.1 Å². The molecule has 0 radical (unpaired) electrons. The Hall–Kier alpha value is -4.51. The van der Waals surface area contributed by atoms with E-state index in [0.717, 1.165) is 24.3 Å². The van der Waals surface area contributed by atoms with E-state index in [0.29, 0.717) is 41.2 Å². The summed E-state index contributed by atoms with van der Waals surface area (Å²) in [7, 11) is 2.05. The Labute approximate surface area is 207 Å². The monoisotopic (exact) mass is 485 g/mol. The van der Waals surface area contributed by atoms with Crippen molar-refractivity contribution in [3.05, 3.63) is 66.2 Å². The number of hydrogen-bond donors (Lipinski definition) is 3. The molecule has 0 aliphatic carbocycles. The Morgan fingerprint density at radius 2 is 1.75 bits per heavy atom. The number of amides is 3. The van der Waals surface area contributed by atoms with Gasteiger partial charge >= 0.3 is 6.03 Å². The molecule has 1 aliphatic rings. The quantitative estimate of drug-likeness (QED) is 0.405. The van der Waals surface area contributed by atoms with Gasteiger partial charge in [-0.25, -0.2) is 19.3 Å². The van der Waals surface area contributed by atoms with Gasteiger partial charge in [-0.15, -0.1) is 0 Å². The highest BCUT2D eigenvalue weighted by Crippen LogP contribution is 2.34. The molecule has 11 nitrogen and oxygen atoms in total. The molecule has 3 aromatic heterocycles. The van der Waals surface area contributed by atoms with Gasteiger partial charge in [0.15, 0.2) is 5.82 Å². The van der Waals surface area contributed by atoms with E-state index >= 15 is 0 Å². The summed E-state index contributed by atoms with van der Waals surface area (Å²) in [5.74, 6) is 0.673. The van der Waals surface area contributed by atoms with Crippen molar-refractivity contribution in [1.29, 1.82) is 0 Å². The Balaban J connectivity index is 1.43. The highest BCUT2D eigenvalue weighted by atomic mass is 16.2. The number of nitrogens with one attached hydrogen (secondary N) is 2. The maximum absolute atomic E-state index is 13.5. The van der Waals surface area contributed by atoms with E-state index in [9.17, 15) is 9.59 Å². The first-order valence-electron chi connectivity index (χ1n) is 11.6. The van der Waals surface area contributed by atoms with Crippen LogP contribution < -0.4 is 16.4 Å². The van der Waals surface area contributed by atoms with Crippen molar-refractivity contribution in [1.82, 2.24) is 29.4 Å². The highest BCUT2D eigenvalue weighted by Gasteiger charge is 2.27. The molecule has 184 valence electrons. The van der Waals surface area contributed by atoms with Crippen LogP contribution in [0.15, 0.2) is 55.0 Å². The minimum atomic E-state index is -0.404. The Morgan fingerprint density at radius 3 is 2.47 bits per heavy atom. The number of anilines is 3. The number of benzene rings is 1. The number of rotatable bonds is 4. The number of likely N-dealkylation sites (N-methyl/N-ethyl adjacent to an activating group) is 1. The van der Waals surface area contributed by atoms with E-state index in [1.54, 1.807) is 28.9 Å². The molecule has 11 heteroatoms. The number of nitrogens with zero attached hydrogens (tertiary/aromatic N) is 6. The Morgan fingerprint density at radius 1 is 1.00 bits per heavy atom. The van der Waals surface area contributed by atoms with Crippen LogP contribution in [0.5, 0.6) is 0 Å². The molecule has 0 saturated carbocycles. The van der Waals surface area contributed by atoms with Gasteiger partial charge < -0.3 is 20.9 Å². The largest absolute Gasteiger partial charge is 0.382 e. The zero-order chi connectivity index (χ0) is 25.2. The number of aryl methyl sites for hydroxylation is 1. The van der Waals surface area contributed by atoms with Gasteiger partial charge in [0.05, 0.1) is 5.56 Å². The summed E-state index contributed by atoms with van der Waals surface area (Å²) in [6.07, 6.45) is 3.07. The van der Waals surface area contributed by atoms with E-state index in [1.807, 2.05) is 43.1 Å². The van der Waals surface area contributed by atoms with Gasteiger partial charge in [-0.05, 0) is 43.8 Å². The maximum Gasteiger partial charge on any atom is 0.324 e. The average molecular weight is 486 g/mol. The summed E-state index contributed by atoms with van der Waals surface area (Å²) in [4.78, 5) is 38.4. The van der Waals surface area contributed by atoms with Crippen LogP contribution in [0.1, 0.15) is 16.1 Å². The normalized spacial score (nSPS) is 14.1. The molecule has 4 N–H and O–H groups in total. The number of urea groups is 1. The van der Waals surface area contributed by atoms with Crippen LogP contribution in [-0.2, 0) is 0 Å². The molecule has 0 spiro atoms. The molecule has 1 fully saturated rings. The first-order valence-corrected chi connectivity index (χ1v) is 11.6. The van der Waals surface area contributed by atoms with E-state index in [4.69, 9.17) is 5.73 Å². The minimum Gasteiger partial charge on any atom is -0.382 e. The lowest BCUT2D eigenvalue weighted by Gasteiger charge is -2.32. The molecule has 1 saturated heterocycles. The van der Waals surface area contributed by atoms with Crippen LogP contribution in [0.25, 0.3) is 16.6 Å². The summed E-state index contributed by atoms with van der Waals surface area (Å²) in [5.41, 5.74) is 10.1. The number of pyridine rings is 1. The molecule has 1 aromatic carbocycles. The molecule has 4 heterocycles. The zero-order valence-electron chi connectivity index (χ0n) is 20.1. The Bertz CT molecular complexity index is 1420. The van der Waals surface area contributed by atoms with E-state index < -0.39 is 6.03 Å². The van der Waals surface area contributed by atoms with Gasteiger partial charge in [-0.2, -0.15) is 5.10 Å². The molecule has 0 bridgehead atoms. The number of fused-ring (bicyclic) bond motifs is 1. The fourth-order valence-electron chi connectivity index (χ4n) is 4.28. The summed E-state index contributed by atoms with van der Waals surface area (Å²) in [6.45, 7) is 4.79. The van der Waals surface area contributed by atoms with Crippen LogP contribution in [0.4, 0.5) is 22.1 Å². The number of hydrogen-bond acceptors (Lipinski definition) is 7. The van der Waals surface area contributed by atoms with Crippen molar-refractivity contribution < 1.29 is 9.59 Å². The lowest BCUT2D eigenvalue weighted by Crippen LogP contribution is -2.47. The van der Waals surface area contributed by atoms with Crippen LogP contribution in [0.2, 0.25) is 0 Å². The van der Waals surface area contributed by atoms with Crippen molar-refractivity contribution >= 4 is 34.8 Å². The number of nitrogens with two attached hydrogens (primary N) is 1. The third-order valence-electron chi connectivity index (χ3n) is 6.18. The van der Waals surface area contributed by atoms with Crippen molar-refractivity contribution in [2.45, 2.75) is 6.92 Å². The predicted octanol–water partition coefficient (Wildman–Crippen LogP) is 2.71. The first-order chi connectivity index (χ1) is 17.4. The van der Waals surface area contributed by atoms with Crippen LogP contribution >= 0.6 is 0 Å². The molecule has 0 unspecified atom stereocenters. The van der Waals surface area contributed by atoms with Crippen LogP contribution in [-0.4, -0.2) is 74.5 Å². The number of piperazine rings is 1. The topological polar surface area (TPSA) is 134 Å². The molecule has 5 rings (SSSR count). The third-order valence-corrected chi connectivity index (χ3v) is 6.18. The van der Waals surface area contributed by atoms with Gasteiger partial charge in [0.2, 0.25) is 0 Å². The fourth-order valence-corrected chi connectivity index (χ4v) is 4.28. The average Bonchev–Trinajstić information content (AvgIpc) is 3.25. The highest BCUT2D eigenvalue weighted by molar-refractivity contribution is 6.07. The summed E-state index contributed by atoms with van der Waals surface area (Å²) >= 11 is 0. The van der Waals surface area contributed by atoms with Crippen LogP contribution in [0.3, 0.4) is 0 Å². The zero-order valence-corrected chi connectivity index (χ0v) is 20.1. The molecule has 0 atom stereocenters. The molecular formula is C25H27N9O2. The third kappa shape index (κ3) is 4.68. The SMILES string of the molecule is Cc1cccc(NC(=O)Nc2ccc(-c3c(C(=O)N4CCN(C)CC4)cn4ncnc(N)c34)cc2)n1. The Kier molecular flexibility index (Phi) is 6.21. The summed E-state index contributed by atoms with van der Waals surface area (Å²) < 4.78 is 1.59. The molecular weight excluding hydrogens is 458 g/mol. The lowest BCUT2D eigenvalue weighted by atomic mass is 10.0. The second kappa shape index (κ2) is 9.62. The minimum absolute atomic E-state index is 0.0739. The van der Waals surface area contributed by atoms with Gasteiger partial charge in [0.25, 0.3) is 5.91 Å². The maximum atomic E-state index is 13.5. The number of carbonyl (C=O) groups excluding carboxylic acids is 2. The van der Waals surface area contributed by atoms with Crippen LogP contribution in [0, 0.1) is 6.92 Å². The van der Waals surface area contributed by atoms with Gasteiger partial charge in [-0.1, -0.05) is 18.2 Å². The smallest absolute Gasteiger partial charge is 0.324 e. The molecule has 36 heavy (non-hydrogen) atoms. The lowest BCUT2D eigenvalue weighted by molar-refractivity contribution is 0.0665. The number of aromatic nitrogens is 4. The van der Waals surface area contributed by atoms with E-state index in [2.05, 4.69) is 30.6 Å². The second-order valence-electron chi connectivity index (χ2n) is 8.77. The fraction of sp³-hybridized carbons (Fsp3) is 0.240. The second-order valence-corrected chi connectivity index (χ2v) is 8.77. The predicted molar refractivity (Wildman–Crippen MR) is 138 cm³/mol. The molecule has 3 amide bonds. The molecule has 4 aromatic rings. The van der Waals surface area contributed by atoms with Crippen molar-refractivity contribution in [2.75, 3.05) is 49.6 Å². The van der Waals surface area contributed by atoms with Gasteiger partial charge in [0.1, 0.15) is 17.7 Å². The van der Waals surface area contributed by atoms with Crippen molar-refractivity contribution in [3.63, 3.8) is 0 Å². The van der Waals surface area contributed by atoms with Crippen molar-refractivity contribution in [2.24, 2.45) is 0 Å². The van der Waals surface area contributed by atoms with E-state index in [1.165, 1.54) is 6.33 Å². The van der Waals surface area contributed by atoms with Gasteiger partial charge in [0, 0.05) is 49.3 Å². The summed E-state index contributed by atoms with van der Waals surface area (Å²) in [5, 5.41) is 9.78.